The number of carbonyl (C=O) groups is 1. The molecule has 1 aliphatic rings. The van der Waals surface area contributed by atoms with E-state index in [0.29, 0.717) is 12.8 Å². The van der Waals surface area contributed by atoms with E-state index in [0.717, 1.165) is 16.7 Å². The molecule has 1 heterocycles. The van der Waals surface area contributed by atoms with E-state index in [1.807, 2.05) is 36.5 Å². The smallest absolute Gasteiger partial charge is 0.332 e. The third-order valence-electron chi connectivity index (χ3n) is 5.04. The molecule has 0 bridgehead atoms. The molecule has 0 spiro atoms. The minimum Gasteiger partial charge on any atom is -0.467 e. The molecule has 1 N–H and O–H groups in total. The van der Waals surface area contributed by atoms with Gasteiger partial charge in [0.2, 0.25) is 0 Å². The van der Waals surface area contributed by atoms with E-state index in [1.165, 1.54) is 12.7 Å². The van der Waals surface area contributed by atoms with Crippen LogP contribution in [0.5, 0.6) is 0 Å². The topological polar surface area (TPSA) is 38.3 Å². The Hall–Kier alpha value is -2.55. The molecule has 1 aliphatic heterocycles. The lowest BCUT2D eigenvalue weighted by atomic mass is 9.83. The molecule has 1 unspecified atom stereocenters. The summed E-state index contributed by atoms with van der Waals surface area (Å²) in [5, 5.41) is 3.34. The van der Waals surface area contributed by atoms with Crippen LogP contribution < -0.4 is 5.32 Å². The van der Waals surface area contributed by atoms with E-state index in [4.69, 9.17) is 4.74 Å². The maximum absolute atomic E-state index is 12.6. The van der Waals surface area contributed by atoms with Gasteiger partial charge in [-0.3, -0.25) is 0 Å². The fourth-order valence-corrected chi connectivity index (χ4v) is 3.48. The zero-order valence-corrected chi connectivity index (χ0v) is 16.0. The van der Waals surface area contributed by atoms with Gasteiger partial charge in [-0.05, 0) is 27.7 Å². The zero-order valence-electron chi connectivity index (χ0n) is 16.0. The molecule has 3 rings (SSSR count). The second kappa shape index (κ2) is 6.99. The van der Waals surface area contributed by atoms with Crippen molar-refractivity contribution in [2.24, 2.45) is 0 Å². The number of rotatable bonds is 4. The van der Waals surface area contributed by atoms with Crippen molar-refractivity contribution in [1.82, 2.24) is 5.32 Å². The van der Waals surface area contributed by atoms with Crippen molar-refractivity contribution in [3.05, 3.63) is 77.5 Å². The van der Waals surface area contributed by atoms with Crippen molar-refractivity contribution in [3.63, 3.8) is 0 Å². The summed E-state index contributed by atoms with van der Waals surface area (Å²) in [4.78, 5) is 12.6. The van der Waals surface area contributed by atoms with Gasteiger partial charge in [-0.2, -0.15) is 0 Å². The molecule has 136 valence electrons. The van der Waals surface area contributed by atoms with E-state index >= 15 is 0 Å². The van der Waals surface area contributed by atoms with Crippen molar-refractivity contribution in [2.75, 3.05) is 7.11 Å². The van der Waals surface area contributed by atoms with Gasteiger partial charge < -0.3 is 10.1 Å². The molecule has 2 aromatic rings. The molecular weight excluding hydrogens is 322 g/mol. The van der Waals surface area contributed by atoms with Gasteiger partial charge in [0.15, 0.2) is 0 Å². The second-order valence-corrected chi connectivity index (χ2v) is 8.06. The first kappa shape index (κ1) is 18.2. The van der Waals surface area contributed by atoms with Crippen LogP contribution in [0.25, 0.3) is 5.57 Å². The first-order chi connectivity index (χ1) is 12.3. The van der Waals surface area contributed by atoms with Gasteiger partial charge in [-0.25, -0.2) is 4.79 Å². The fourth-order valence-electron chi connectivity index (χ4n) is 3.48. The molecule has 3 nitrogen and oxygen atoms in total. The Kier molecular flexibility index (Phi) is 4.90. The van der Waals surface area contributed by atoms with Crippen molar-refractivity contribution in [3.8, 4) is 0 Å². The van der Waals surface area contributed by atoms with Gasteiger partial charge in [-0.1, -0.05) is 75.4 Å². The van der Waals surface area contributed by atoms with E-state index in [1.54, 1.807) is 0 Å². The van der Waals surface area contributed by atoms with Crippen molar-refractivity contribution in [2.45, 2.75) is 44.6 Å². The molecule has 2 aromatic carbocycles. The second-order valence-electron chi connectivity index (χ2n) is 8.06. The highest BCUT2D eigenvalue weighted by Crippen LogP contribution is 2.35. The molecule has 0 radical (unpaired) electrons. The summed E-state index contributed by atoms with van der Waals surface area (Å²) >= 11 is 0. The van der Waals surface area contributed by atoms with Crippen molar-refractivity contribution >= 4 is 11.5 Å². The maximum Gasteiger partial charge on any atom is 0.332 e. The van der Waals surface area contributed by atoms with Crippen LogP contribution in [-0.2, 0) is 21.4 Å². The third kappa shape index (κ3) is 3.67. The SMILES string of the molecule is COC(=O)C1(Cc2ccccc2)CC(c2cccc(C(C)(C)C)c2)=CN1. The largest absolute Gasteiger partial charge is 0.467 e. The molecular formula is C23H27NO2. The lowest BCUT2D eigenvalue weighted by Gasteiger charge is -2.27. The van der Waals surface area contributed by atoms with Crippen LogP contribution in [0, 0.1) is 0 Å². The number of methoxy groups -OCH3 is 1. The highest BCUT2D eigenvalue weighted by Gasteiger charge is 2.43. The molecule has 0 fully saturated rings. The Bertz CT molecular complexity index is 818. The maximum atomic E-state index is 12.6. The highest BCUT2D eigenvalue weighted by molar-refractivity contribution is 5.87. The lowest BCUT2D eigenvalue weighted by Crippen LogP contribution is -2.49. The number of hydrogen-bond donors (Lipinski definition) is 1. The lowest BCUT2D eigenvalue weighted by molar-refractivity contribution is -0.147. The number of ether oxygens (including phenoxy) is 1. The van der Waals surface area contributed by atoms with E-state index < -0.39 is 5.54 Å². The Morgan fingerprint density at radius 3 is 2.50 bits per heavy atom. The summed E-state index contributed by atoms with van der Waals surface area (Å²) < 4.78 is 5.14. The number of esters is 1. The van der Waals surface area contributed by atoms with Gasteiger partial charge in [0, 0.05) is 19.0 Å². The van der Waals surface area contributed by atoms with Gasteiger partial charge in [0.1, 0.15) is 5.54 Å². The van der Waals surface area contributed by atoms with Crippen LogP contribution in [0.4, 0.5) is 0 Å². The fraction of sp³-hybridized carbons (Fsp3) is 0.348. The quantitative estimate of drug-likeness (QED) is 0.828. The van der Waals surface area contributed by atoms with Crippen molar-refractivity contribution in [1.29, 1.82) is 0 Å². The molecule has 0 aliphatic carbocycles. The first-order valence-corrected chi connectivity index (χ1v) is 9.04. The van der Waals surface area contributed by atoms with Gasteiger partial charge >= 0.3 is 5.97 Å². The van der Waals surface area contributed by atoms with Gasteiger partial charge in [-0.15, -0.1) is 0 Å². The molecule has 0 saturated heterocycles. The summed E-state index contributed by atoms with van der Waals surface area (Å²) in [6.45, 7) is 6.63. The molecule has 1 atom stereocenters. The molecule has 3 heteroatoms. The normalized spacial score (nSPS) is 19.6. The molecule has 0 aromatic heterocycles. The van der Waals surface area contributed by atoms with E-state index in [2.05, 4.69) is 50.4 Å². The summed E-state index contributed by atoms with van der Waals surface area (Å²) in [7, 11) is 1.45. The Labute approximate surface area is 156 Å². The van der Waals surface area contributed by atoms with Crippen LogP contribution in [0.1, 0.15) is 43.9 Å². The van der Waals surface area contributed by atoms with Crippen LogP contribution in [0.3, 0.4) is 0 Å². The first-order valence-electron chi connectivity index (χ1n) is 9.04. The number of carbonyl (C=O) groups excluding carboxylic acids is 1. The summed E-state index contributed by atoms with van der Waals surface area (Å²) in [6, 6.07) is 18.7. The number of benzene rings is 2. The number of hydrogen-bond acceptors (Lipinski definition) is 3. The van der Waals surface area contributed by atoms with Crippen LogP contribution in [0.15, 0.2) is 60.8 Å². The predicted molar refractivity (Wildman–Crippen MR) is 106 cm³/mol. The molecule has 0 saturated carbocycles. The summed E-state index contributed by atoms with van der Waals surface area (Å²) in [5.74, 6) is -0.223. The molecule has 26 heavy (non-hydrogen) atoms. The summed E-state index contributed by atoms with van der Waals surface area (Å²) in [5.41, 5.74) is 4.04. The zero-order chi connectivity index (χ0) is 18.8. The standard InChI is InChI=1S/C23H27NO2/c1-22(2,3)20-12-8-11-18(13-20)19-15-23(24-16-19,21(25)26-4)14-17-9-6-5-7-10-17/h5-13,16,24H,14-15H2,1-4H3. The monoisotopic (exact) mass is 349 g/mol. The van der Waals surface area contributed by atoms with Crippen LogP contribution >= 0.6 is 0 Å². The molecule has 0 amide bonds. The Balaban J connectivity index is 1.88. The Morgan fingerprint density at radius 1 is 1.12 bits per heavy atom. The Morgan fingerprint density at radius 2 is 1.85 bits per heavy atom. The average Bonchev–Trinajstić information content (AvgIpc) is 3.06. The van der Waals surface area contributed by atoms with Gasteiger partial charge in [0.05, 0.1) is 7.11 Å². The predicted octanol–water partition coefficient (Wildman–Crippen LogP) is 4.47. The number of nitrogens with one attached hydrogen (secondary N) is 1. The van der Waals surface area contributed by atoms with E-state index in [-0.39, 0.29) is 11.4 Å². The van der Waals surface area contributed by atoms with E-state index in [9.17, 15) is 4.79 Å². The minimum absolute atomic E-state index is 0.0894. The van der Waals surface area contributed by atoms with Crippen LogP contribution in [-0.4, -0.2) is 18.6 Å². The summed E-state index contributed by atoms with van der Waals surface area (Å²) in [6.07, 6.45) is 3.18. The van der Waals surface area contributed by atoms with Crippen LogP contribution in [0.2, 0.25) is 0 Å². The van der Waals surface area contributed by atoms with Gasteiger partial charge in [0.25, 0.3) is 0 Å². The minimum atomic E-state index is -0.747. The highest BCUT2D eigenvalue weighted by atomic mass is 16.5. The third-order valence-corrected chi connectivity index (χ3v) is 5.04. The van der Waals surface area contributed by atoms with Crippen molar-refractivity contribution < 1.29 is 9.53 Å². The average molecular weight is 349 g/mol.